The zero-order valence-corrected chi connectivity index (χ0v) is 16.7. The number of nitrogens with zero attached hydrogens (tertiary/aromatic N) is 2. The summed E-state index contributed by atoms with van der Waals surface area (Å²) in [4.78, 5) is 4.68. The van der Waals surface area contributed by atoms with E-state index in [2.05, 4.69) is 64.6 Å². The Morgan fingerprint density at radius 2 is 2.00 bits per heavy atom. The van der Waals surface area contributed by atoms with E-state index in [4.69, 9.17) is 5.10 Å². The third-order valence-corrected chi connectivity index (χ3v) is 7.72. The van der Waals surface area contributed by atoms with Crippen molar-refractivity contribution in [3.05, 3.63) is 34.1 Å². The molecular formula is C19H22BrN3S. The number of nitrogens with one attached hydrogen (secondary N) is 1. The van der Waals surface area contributed by atoms with Crippen molar-refractivity contribution in [2.45, 2.75) is 40.0 Å². The van der Waals surface area contributed by atoms with E-state index in [1.807, 2.05) is 12.1 Å². The minimum atomic E-state index is 0.233. The van der Waals surface area contributed by atoms with Gasteiger partial charge in [-0.3, -0.25) is 5.43 Å². The number of anilines is 1. The number of fused-ring (bicyclic) bond motifs is 2. The fourth-order valence-electron chi connectivity index (χ4n) is 4.29. The van der Waals surface area contributed by atoms with Gasteiger partial charge in [0.1, 0.15) is 0 Å². The van der Waals surface area contributed by atoms with Gasteiger partial charge in [0.2, 0.25) is 5.13 Å². The van der Waals surface area contributed by atoms with Crippen molar-refractivity contribution >= 4 is 38.1 Å². The molecule has 2 fully saturated rings. The van der Waals surface area contributed by atoms with Gasteiger partial charge in [-0.05, 0) is 42.7 Å². The first-order valence-electron chi connectivity index (χ1n) is 8.45. The van der Waals surface area contributed by atoms with Crippen LogP contribution in [-0.2, 0) is 0 Å². The molecule has 126 valence electrons. The average molecular weight is 404 g/mol. The molecule has 3 nitrogen and oxygen atoms in total. The highest BCUT2D eigenvalue weighted by molar-refractivity contribution is 9.10. The molecule has 0 saturated heterocycles. The van der Waals surface area contributed by atoms with Crippen molar-refractivity contribution in [1.29, 1.82) is 0 Å². The van der Waals surface area contributed by atoms with Crippen LogP contribution < -0.4 is 5.43 Å². The first kappa shape index (κ1) is 16.3. The lowest BCUT2D eigenvalue weighted by Crippen LogP contribution is -2.32. The number of hydrazone groups is 1. The van der Waals surface area contributed by atoms with Crippen molar-refractivity contribution < 1.29 is 0 Å². The van der Waals surface area contributed by atoms with Crippen LogP contribution in [0, 0.1) is 16.7 Å². The standard InChI is InChI=1S/C19H22BrN3S/c1-18(2)13-8-9-19(18,3)16(10-13)22-23-17-21-15(11-24-17)12-4-6-14(20)7-5-12/h4-7,11,13H,8-10H2,1-3H3,(H,21,23)/b22-16+. The third kappa shape index (κ3) is 2.44. The van der Waals surface area contributed by atoms with Gasteiger partial charge in [-0.1, -0.05) is 48.8 Å². The highest BCUT2D eigenvalue weighted by Gasteiger charge is 2.59. The molecule has 24 heavy (non-hydrogen) atoms. The molecule has 0 aliphatic heterocycles. The van der Waals surface area contributed by atoms with Crippen LogP contribution in [0.5, 0.6) is 0 Å². The number of benzene rings is 1. The topological polar surface area (TPSA) is 37.3 Å². The monoisotopic (exact) mass is 403 g/mol. The highest BCUT2D eigenvalue weighted by atomic mass is 79.9. The van der Waals surface area contributed by atoms with Gasteiger partial charge in [0.15, 0.2) is 0 Å². The van der Waals surface area contributed by atoms with Gasteiger partial charge in [-0.2, -0.15) is 5.10 Å². The molecule has 2 unspecified atom stereocenters. The van der Waals surface area contributed by atoms with E-state index in [0.717, 1.165) is 33.2 Å². The van der Waals surface area contributed by atoms with Gasteiger partial charge in [-0.15, -0.1) is 11.3 Å². The smallest absolute Gasteiger partial charge is 0.203 e. The van der Waals surface area contributed by atoms with Gasteiger partial charge < -0.3 is 0 Å². The lowest BCUT2D eigenvalue weighted by atomic mass is 9.70. The predicted octanol–water partition coefficient (Wildman–Crippen LogP) is 6.19. The Morgan fingerprint density at radius 1 is 1.25 bits per heavy atom. The van der Waals surface area contributed by atoms with E-state index < -0.39 is 0 Å². The molecule has 2 aliphatic carbocycles. The molecule has 1 heterocycles. The van der Waals surface area contributed by atoms with Gasteiger partial charge in [0, 0.05) is 26.5 Å². The minimum Gasteiger partial charge on any atom is -0.253 e. The molecule has 2 atom stereocenters. The van der Waals surface area contributed by atoms with Gasteiger partial charge in [-0.25, -0.2) is 4.98 Å². The maximum absolute atomic E-state index is 4.77. The molecule has 5 heteroatoms. The molecule has 2 aliphatic rings. The Hall–Kier alpha value is -1.20. The second-order valence-corrected chi connectivity index (χ2v) is 9.48. The van der Waals surface area contributed by atoms with E-state index in [0.29, 0.717) is 5.41 Å². The Labute approximate surface area is 155 Å². The summed E-state index contributed by atoms with van der Waals surface area (Å²) in [5, 5.41) is 7.72. The zero-order chi connectivity index (χ0) is 16.9. The molecule has 0 amide bonds. The van der Waals surface area contributed by atoms with E-state index in [-0.39, 0.29) is 5.41 Å². The number of thiazole rings is 1. The Morgan fingerprint density at radius 3 is 2.62 bits per heavy atom. The Kier molecular flexibility index (Phi) is 3.84. The van der Waals surface area contributed by atoms with Crippen LogP contribution in [0.1, 0.15) is 40.0 Å². The number of hydrogen-bond acceptors (Lipinski definition) is 4. The second kappa shape index (κ2) is 5.67. The quantitative estimate of drug-likeness (QED) is 0.620. The summed E-state index contributed by atoms with van der Waals surface area (Å²) in [6.07, 6.45) is 3.72. The summed E-state index contributed by atoms with van der Waals surface area (Å²) in [5.41, 5.74) is 7.26. The average Bonchev–Trinajstić information content (AvgIpc) is 3.16. The molecule has 1 N–H and O–H groups in total. The molecule has 4 rings (SSSR count). The van der Waals surface area contributed by atoms with Crippen LogP contribution in [0.4, 0.5) is 5.13 Å². The van der Waals surface area contributed by atoms with Gasteiger partial charge >= 0.3 is 0 Å². The third-order valence-electron chi connectivity index (χ3n) is 6.44. The summed E-state index contributed by atoms with van der Waals surface area (Å²) in [6, 6.07) is 8.24. The van der Waals surface area contributed by atoms with E-state index in [1.165, 1.54) is 18.6 Å². The number of rotatable bonds is 3. The SMILES string of the molecule is CC12CCC(C/C1=N\Nc1nc(-c3ccc(Br)cc3)cs1)C2(C)C. The van der Waals surface area contributed by atoms with Crippen LogP contribution in [0.2, 0.25) is 0 Å². The molecule has 2 saturated carbocycles. The number of aromatic nitrogens is 1. The molecule has 0 spiro atoms. The molecule has 2 aromatic rings. The van der Waals surface area contributed by atoms with E-state index in [1.54, 1.807) is 11.3 Å². The van der Waals surface area contributed by atoms with Crippen molar-refractivity contribution in [1.82, 2.24) is 4.98 Å². The van der Waals surface area contributed by atoms with Gasteiger partial charge in [0.05, 0.1) is 5.69 Å². The largest absolute Gasteiger partial charge is 0.253 e. The van der Waals surface area contributed by atoms with Crippen LogP contribution in [-0.4, -0.2) is 10.7 Å². The van der Waals surface area contributed by atoms with E-state index >= 15 is 0 Å². The minimum absolute atomic E-state index is 0.233. The normalized spacial score (nSPS) is 29.3. The molecule has 0 radical (unpaired) electrons. The summed E-state index contributed by atoms with van der Waals surface area (Å²) < 4.78 is 1.08. The van der Waals surface area contributed by atoms with Crippen LogP contribution >= 0.6 is 27.3 Å². The Bertz CT molecular complexity index is 793. The van der Waals surface area contributed by atoms with Crippen molar-refractivity contribution in [3.63, 3.8) is 0 Å². The summed E-state index contributed by atoms with van der Waals surface area (Å²) in [7, 11) is 0. The summed E-state index contributed by atoms with van der Waals surface area (Å²) in [5.74, 6) is 0.776. The fraction of sp³-hybridized carbons (Fsp3) is 0.474. The van der Waals surface area contributed by atoms with E-state index in [9.17, 15) is 0 Å². The van der Waals surface area contributed by atoms with Crippen LogP contribution in [0.3, 0.4) is 0 Å². The first-order chi connectivity index (χ1) is 11.4. The zero-order valence-electron chi connectivity index (χ0n) is 14.3. The Balaban J connectivity index is 1.52. The van der Waals surface area contributed by atoms with Gasteiger partial charge in [0.25, 0.3) is 0 Å². The van der Waals surface area contributed by atoms with Crippen LogP contribution in [0.15, 0.2) is 39.2 Å². The van der Waals surface area contributed by atoms with Crippen molar-refractivity contribution in [3.8, 4) is 11.3 Å². The first-order valence-corrected chi connectivity index (χ1v) is 10.1. The fourth-order valence-corrected chi connectivity index (χ4v) is 5.22. The molecule has 2 bridgehead atoms. The van der Waals surface area contributed by atoms with Crippen LogP contribution in [0.25, 0.3) is 11.3 Å². The highest BCUT2D eigenvalue weighted by Crippen LogP contribution is 2.63. The molecule has 1 aromatic carbocycles. The van der Waals surface area contributed by atoms with Crippen molar-refractivity contribution in [2.75, 3.05) is 5.43 Å². The number of halogens is 1. The lowest BCUT2D eigenvalue weighted by Gasteiger charge is -2.34. The second-order valence-electron chi connectivity index (χ2n) is 7.71. The molecule has 1 aromatic heterocycles. The summed E-state index contributed by atoms with van der Waals surface area (Å²) in [6.45, 7) is 7.19. The maximum atomic E-state index is 4.77. The maximum Gasteiger partial charge on any atom is 0.203 e. The lowest BCUT2D eigenvalue weighted by molar-refractivity contribution is 0.194. The van der Waals surface area contributed by atoms with Crippen molar-refractivity contribution in [2.24, 2.45) is 21.8 Å². The number of hydrogen-bond donors (Lipinski definition) is 1. The molecular weight excluding hydrogens is 382 g/mol. The summed E-state index contributed by atoms with van der Waals surface area (Å²) >= 11 is 5.08. The predicted molar refractivity (Wildman–Crippen MR) is 106 cm³/mol.